The summed E-state index contributed by atoms with van der Waals surface area (Å²) in [4.78, 5) is 18.5. The Hall–Kier alpha value is -1.38. The number of aromatic nitrogens is 1. The highest BCUT2D eigenvalue weighted by molar-refractivity contribution is 5.94. The van der Waals surface area contributed by atoms with Crippen molar-refractivity contribution in [2.75, 3.05) is 11.9 Å². The number of pyridine rings is 1. The topological polar surface area (TPSA) is 33.2 Å². The molecule has 3 heteroatoms. The highest BCUT2D eigenvalue weighted by Crippen LogP contribution is 2.44. The Bertz CT molecular complexity index is 488. The molecule has 1 aliphatic rings. The van der Waals surface area contributed by atoms with Crippen LogP contribution in [0, 0.1) is 23.2 Å². The van der Waals surface area contributed by atoms with E-state index >= 15 is 0 Å². The normalized spacial score (nSPS) is 19.6. The molecule has 0 bridgehead atoms. The van der Waals surface area contributed by atoms with Crippen molar-refractivity contribution in [1.29, 1.82) is 0 Å². The summed E-state index contributed by atoms with van der Waals surface area (Å²) in [5.74, 6) is 1.86. The van der Waals surface area contributed by atoms with Crippen LogP contribution in [0.5, 0.6) is 0 Å². The number of rotatable bonds is 4. The maximum absolute atomic E-state index is 12.7. The van der Waals surface area contributed by atoms with Crippen molar-refractivity contribution in [3.63, 3.8) is 0 Å². The summed E-state index contributed by atoms with van der Waals surface area (Å²) >= 11 is 0. The SMILES string of the molecule is CC.CC.CC(C)C(C)(C)C1CCC(C(=O)N(C)c2ccncc2)CC1. The molecule has 1 aromatic rings. The van der Waals surface area contributed by atoms with Gasteiger partial charge in [-0.2, -0.15) is 0 Å². The van der Waals surface area contributed by atoms with Crippen molar-refractivity contribution >= 4 is 11.6 Å². The van der Waals surface area contributed by atoms with Gasteiger partial charge in [0.1, 0.15) is 0 Å². The molecule has 0 saturated heterocycles. The zero-order valence-electron chi connectivity index (χ0n) is 18.7. The molecule has 0 N–H and O–H groups in total. The lowest BCUT2D eigenvalue weighted by molar-refractivity contribution is -0.123. The van der Waals surface area contributed by atoms with Gasteiger partial charge in [0.05, 0.1) is 0 Å². The van der Waals surface area contributed by atoms with E-state index in [0.29, 0.717) is 11.3 Å². The van der Waals surface area contributed by atoms with Crippen LogP contribution < -0.4 is 4.90 Å². The van der Waals surface area contributed by atoms with Gasteiger partial charge < -0.3 is 4.90 Å². The van der Waals surface area contributed by atoms with Gasteiger partial charge in [0.2, 0.25) is 5.91 Å². The van der Waals surface area contributed by atoms with Gasteiger partial charge in [-0.05, 0) is 55.1 Å². The van der Waals surface area contributed by atoms with Gasteiger partial charge in [-0.15, -0.1) is 0 Å². The monoisotopic (exact) mass is 362 g/mol. The largest absolute Gasteiger partial charge is 0.315 e. The molecule has 0 atom stereocenters. The molecular weight excluding hydrogens is 320 g/mol. The molecule has 0 aliphatic heterocycles. The van der Waals surface area contributed by atoms with E-state index in [1.54, 1.807) is 17.3 Å². The zero-order valence-corrected chi connectivity index (χ0v) is 18.7. The molecule has 150 valence electrons. The van der Waals surface area contributed by atoms with E-state index in [1.165, 1.54) is 12.8 Å². The molecule has 3 nitrogen and oxygen atoms in total. The molecule has 1 heterocycles. The molecule has 0 spiro atoms. The van der Waals surface area contributed by atoms with Crippen LogP contribution in [0.4, 0.5) is 5.69 Å². The average molecular weight is 363 g/mol. The van der Waals surface area contributed by atoms with Crippen LogP contribution in [0.25, 0.3) is 0 Å². The summed E-state index contributed by atoms with van der Waals surface area (Å²) in [7, 11) is 1.88. The molecule has 1 amide bonds. The molecular formula is C23H42N2O. The fourth-order valence-electron chi connectivity index (χ4n) is 3.52. The molecule has 1 saturated carbocycles. The van der Waals surface area contributed by atoms with Crippen LogP contribution in [0.1, 0.15) is 81.1 Å². The van der Waals surface area contributed by atoms with Gasteiger partial charge in [-0.1, -0.05) is 55.4 Å². The zero-order chi connectivity index (χ0) is 20.3. The predicted molar refractivity (Wildman–Crippen MR) is 114 cm³/mol. The van der Waals surface area contributed by atoms with E-state index in [-0.39, 0.29) is 11.8 Å². The summed E-state index contributed by atoms with van der Waals surface area (Å²) in [6.45, 7) is 17.4. The van der Waals surface area contributed by atoms with Gasteiger partial charge in [0.25, 0.3) is 0 Å². The summed E-state index contributed by atoms with van der Waals surface area (Å²) in [5, 5.41) is 0. The average Bonchev–Trinajstić information content (AvgIpc) is 2.70. The smallest absolute Gasteiger partial charge is 0.229 e. The van der Waals surface area contributed by atoms with Crippen molar-refractivity contribution in [3.8, 4) is 0 Å². The minimum atomic E-state index is 0.178. The second kappa shape index (κ2) is 12.1. The summed E-state index contributed by atoms with van der Waals surface area (Å²) in [6, 6.07) is 3.79. The van der Waals surface area contributed by atoms with Gasteiger partial charge in [-0.3, -0.25) is 9.78 Å². The minimum Gasteiger partial charge on any atom is -0.315 e. The van der Waals surface area contributed by atoms with Crippen molar-refractivity contribution in [1.82, 2.24) is 4.98 Å². The summed E-state index contributed by atoms with van der Waals surface area (Å²) < 4.78 is 0. The number of nitrogens with zero attached hydrogens (tertiary/aromatic N) is 2. The minimum absolute atomic E-state index is 0.178. The lowest BCUT2D eigenvalue weighted by Gasteiger charge is -2.42. The highest BCUT2D eigenvalue weighted by Gasteiger charge is 2.37. The number of carbonyl (C=O) groups excluding carboxylic acids is 1. The molecule has 1 aromatic heterocycles. The quantitative estimate of drug-likeness (QED) is 0.605. The van der Waals surface area contributed by atoms with Gasteiger partial charge in [0.15, 0.2) is 0 Å². The van der Waals surface area contributed by atoms with Crippen LogP contribution in [-0.4, -0.2) is 17.9 Å². The van der Waals surface area contributed by atoms with Crippen LogP contribution >= 0.6 is 0 Å². The highest BCUT2D eigenvalue weighted by atomic mass is 16.2. The Balaban J connectivity index is 0.00000146. The number of carbonyl (C=O) groups is 1. The Labute approximate surface area is 162 Å². The molecule has 2 rings (SSSR count). The first-order valence-corrected chi connectivity index (χ1v) is 10.5. The number of hydrogen-bond donors (Lipinski definition) is 0. The number of amides is 1. The van der Waals surface area contributed by atoms with Crippen molar-refractivity contribution in [2.45, 2.75) is 81.1 Å². The van der Waals surface area contributed by atoms with E-state index in [9.17, 15) is 4.79 Å². The Morgan fingerprint density at radius 2 is 1.50 bits per heavy atom. The van der Waals surface area contributed by atoms with E-state index in [0.717, 1.165) is 24.4 Å². The standard InChI is InChI=1S/C19H30N2O.2C2H6/c1-14(2)19(3,4)16-8-6-15(7-9-16)18(22)21(5)17-10-12-20-13-11-17;2*1-2/h10-16H,6-9H2,1-5H3;2*1-2H3. The third-order valence-electron chi connectivity index (χ3n) is 6.00. The van der Waals surface area contributed by atoms with E-state index < -0.39 is 0 Å². The first-order valence-electron chi connectivity index (χ1n) is 10.5. The molecule has 1 aliphatic carbocycles. The van der Waals surface area contributed by atoms with Crippen LogP contribution in [0.2, 0.25) is 0 Å². The molecule has 0 radical (unpaired) electrons. The second-order valence-corrected chi connectivity index (χ2v) is 7.63. The molecule has 26 heavy (non-hydrogen) atoms. The predicted octanol–water partition coefficient (Wildman–Crippen LogP) is 6.59. The third-order valence-corrected chi connectivity index (χ3v) is 6.00. The second-order valence-electron chi connectivity index (χ2n) is 7.63. The van der Waals surface area contributed by atoms with Crippen molar-refractivity contribution in [3.05, 3.63) is 24.5 Å². The number of anilines is 1. The van der Waals surface area contributed by atoms with Crippen molar-refractivity contribution in [2.24, 2.45) is 23.2 Å². The maximum Gasteiger partial charge on any atom is 0.229 e. The Morgan fingerprint density at radius 3 is 1.92 bits per heavy atom. The lowest BCUT2D eigenvalue weighted by atomic mass is 9.64. The Kier molecular flexibility index (Phi) is 11.4. The van der Waals surface area contributed by atoms with E-state index in [1.807, 2.05) is 46.9 Å². The fraction of sp³-hybridized carbons (Fsp3) is 0.739. The van der Waals surface area contributed by atoms with E-state index in [4.69, 9.17) is 0 Å². The van der Waals surface area contributed by atoms with Crippen LogP contribution in [0.3, 0.4) is 0 Å². The van der Waals surface area contributed by atoms with Crippen molar-refractivity contribution < 1.29 is 4.79 Å². The summed E-state index contributed by atoms with van der Waals surface area (Å²) in [5.41, 5.74) is 1.30. The summed E-state index contributed by atoms with van der Waals surface area (Å²) in [6.07, 6.45) is 7.87. The van der Waals surface area contributed by atoms with Gasteiger partial charge in [-0.25, -0.2) is 0 Å². The first-order chi connectivity index (χ1) is 12.3. The molecule has 1 fully saturated rings. The Morgan fingerprint density at radius 1 is 1.04 bits per heavy atom. The maximum atomic E-state index is 12.7. The van der Waals surface area contributed by atoms with Gasteiger partial charge in [0, 0.05) is 31.0 Å². The van der Waals surface area contributed by atoms with E-state index in [2.05, 4.69) is 32.7 Å². The first kappa shape index (κ1) is 24.6. The van der Waals surface area contributed by atoms with Crippen LogP contribution in [-0.2, 0) is 4.79 Å². The number of hydrogen-bond acceptors (Lipinski definition) is 2. The lowest BCUT2D eigenvalue weighted by Crippen LogP contribution is -2.38. The van der Waals surface area contributed by atoms with Gasteiger partial charge >= 0.3 is 0 Å². The third kappa shape index (κ3) is 6.41. The fourth-order valence-corrected chi connectivity index (χ4v) is 3.52. The molecule has 0 aromatic carbocycles. The molecule has 0 unspecified atom stereocenters. The van der Waals surface area contributed by atoms with Crippen LogP contribution in [0.15, 0.2) is 24.5 Å².